The molecule has 2 aromatic rings. The Morgan fingerprint density at radius 2 is 2.05 bits per heavy atom. The van der Waals surface area contributed by atoms with E-state index in [0.29, 0.717) is 18.9 Å². The first-order valence-electron chi connectivity index (χ1n) is 6.61. The average molecular weight is 260 g/mol. The van der Waals surface area contributed by atoms with Crippen LogP contribution in [-0.4, -0.2) is 34.8 Å². The summed E-state index contributed by atoms with van der Waals surface area (Å²) in [6.45, 7) is 2.67. The number of hydrogen-bond acceptors (Lipinski definition) is 5. The molecule has 2 rings (SSSR count). The molecular formula is C14H20N4O. The van der Waals surface area contributed by atoms with E-state index in [1.54, 1.807) is 7.05 Å². The third-order valence-electron chi connectivity index (χ3n) is 3.07. The van der Waals surface area contributed by atoms with E-state index < -0.39 is 0 Å². The van der Waals surface area contributed by atoms with Crippen LogP contribution in [0.1, 0.15) is 19.8 Å². The van der Waals surface area contributed by atoms with Gasteiger partial charge in [0.2, 0.25) is 5.95 Å². The third-order valence-corrected chi connectivity index (χ3v) is 3.07. The Labute approximate surface area is 113 Å². The fourth-order valence-corrected chi connectivity index (χ4v) is 1.88. The van der Waals surface area contributed by atoms with Crippen molar-refractivity contribution in [1.82, 2.24) is 9.97 Å². The van der Waals surface area contributed by atoms with Crippen LogP contribution in [0.3, 0.4) is 0 Å². The van der Waals surface area contributed by atoms with Gasteiger partial charge in [0.25, 0.3) is 0 Å². The molecule has 0 bridgehead atoms. The van der Waals surface area contributed by atoms with Crippen LogP contribution in [0, 0.1) is 0 Å². The van der Waals surface area contributed by atoms with E-state index in [0.717, 1.165) is 23.1 Å². The summed E-state index contributed by atoms with van der Waals surface area (Å²) in [5.74, 6) is 1.40. The highest BCUT2D eigenvalue weighted by Gasteiger charge is 2.07. The van der Waals surface area contributed by atoms with Crippen LogP contribution in [-0.2, 0) is 0 Å². The van der Waals surface area contributed by atoms with Gasteiger partial charge in [-0.3, -0.25) is 0 Å². The number of aromatic nitrogens is 2. The molecule has 5 nitrogen and oxygen atoms in total. The number of fused-ring (bicyclic) bond motifs is 1. The molecule has 0 saturated carbocycles. The second-order valence-electron chi connectivity index (χ2n) is 4.44. The molecule has 0 aliphatic carbocycles. The quantitative estimate of drug-likeness (QED) is 0.743. The number of nitrogens with one attached hydrogen (secondary N) is 2. The van der Waals surface area contributed by atoms with E-state index >= 15 is 0 Å². The lowest BCUT2D eigenvalue weighted by Crippen LogP contribution is -2.13. The zero-order valence-corrected chi connectivity index (χ0v) is 11.3. The van der Waals surface area contributed by atoms with Gasteiger partial charge >= 0.3 is 0 Å². The molecule has 1 atom stereocenters. The summed E-state index contributed by atoms with van der Waals surface area (Å²) in [6.07, 6.45) is 1.22. The summed E-state index contributed by atoms with van der Waals surface area (Å²) in [4.78, 5) is 8.83. The minimum atomic E-state index is -0.260. The van der Waals surface area contributed by atoms with Crippen molar-refractivity contribution in [2.24, 2.45) is 0 Å². The topological polar surface area (TPSA) is 70.1 Å². The van der Waals surface area contributed by atoms with Gasteiger partial charge in [-0.2, -0.15) is 4.98 Å². The third kappa shape index (κ3) is 3.32. The number of rotatable bonds is 6. The van der Waals surface area contributed by atoms with Gasteiger partial charge in [0, 0.05) is 19.0 Å². The number of hydrogen-bond donors (Lipinski definition) is 3. The number of nitrogens with zero attached hydrogens (tertiary/aromatic N) is 2. The van der Waals surface area contributed by atoms with Gasteiger partial charge in [-0.1, -0.05) is 19.1 Å². The molecule has 0 aliphatic rings. The first-order chi connectivity index (χ1) is 9.24. The lowest BCUT2D eigenvalue weighted by atomic mass is 10.2. The van der Waals surface area contributed by atoms with Crippen molar-refractivity contribution in [3.63, 3.8) is 0 Å². The smallest absolute Gasteiger partial charge is 0.224 e. The Morgan fingerprint density at radius 1 is 1.26 bits per heavy atom. The molecule has 5 heteroatoms. The molecule has 3 N–H and O–H groups in total. The summed E-state index contributed by atoms with van der Waals surface area (Å²) in [6, 6.07) is 7.88. The van der Waals surface area contributed by atoms with E-state index in [1.165, 1.54) is 0 Å². The summed E-state index contributed by atoms with van der Waals surface area (Å²) in [5, 5.41) is 16.8. The fourth-order valence-electron chi connectivity index (χ4n) is 1.88. The molecule has 0 fully saturated rings. The minimum Gasteiger partial charge on any atom is -0.393 e. The predicted molar refractivity (Wildman–Crippen MR) is 78.5 cm³/mol. The fraction of sp³-hybridized carbons (Fsp3) is 0.429. The van der Waals surface area contributed by atoms with Crippen molar-refractivity contribution < 1.29 is 5.11 Å². The number of anilines is 2. The second-order valence-corrected chi connectivity index (χ2v) is 4.44. The Hall–Kier alpha value is -1.88. The lowest BCUT2D eigenvalue weighted by Gasteiger charge is -2.12. The van der Waals surface area contributed by atoms with Gasteiger partial charge in [0.1, 0.15) is 5.82 Å². The van der Waals surface area contributed by atoms with Crippen LogP contribution < -0.4 is 10.6 Å². The average Bonchev–Trinajstić information content (AvgIpc) is 2.46. The van der Waals surface area contributed by atoms with E-state index in [2.05, 4.69) is 20.6 Å². The van der Waals surface area contributed by atoms with E-state index in [-0.39, 0.29) is 6.10 Å². The molecule has 1 aromatic carbocycles. The summed E-state index contributed by atoms with van der Waals surface area (Å²) < 4.78 is 0. The second kappa shape index (κ2) is 6.33. The normalized spacial score (nSPS) is 12.4. The van der Waals surface area contributed by atoms with Crippen LogP contribution in [0.25, 0.3) is 10.9 Å². The zero-order chi connectivity index (χ0) is 13.7. The maximum absolute atomic E-state index is 9.56. The van der Waals surface area contributed by atoms with Crippen molar-refractivity contribution in [3.8, 4) is 0 Å². The van der Waals surface area contributed by atoms with Crippen molar-refractivity contribution >= 4 is 22.7 Å². The Bertz CT molecular complexity index is 544. The minimum absolute atomic E-state index is 0.260. The maximum atomic E-state index is 9.56. The molecule has 0 saturated heterocycles. The highest BCUT2D eigenvalue weighted by Crippen LogP contribution is 2.21. The first kappa shape index (κ1) is 13.5. The number of aliphatic hydroxyl groups is 1. The van der Waals surface area contributed by atoms with Crippen LogP contribution >= 0.6 is 0 Å². The highest BCUT2D eigenvalue weighted by atomic mass is 16.3. The molecule has 0 amide bonds. The summed E-state index contributed by atoms with van der Waals surface area (Å²) in [7, 11) is 1.80. The molecule has 102 valence electrons. The molecule has 1 heterocycles. The molecule has 0 spiro atoms. The van der Waals surface area contributed by atoms with Crippen molar-refractivity contribution in [2.45, 2.75) is 25.9 Å². The van der Waals surface area contributed by atoms with E-state index in [9.17, 15) is 5.11 Å². The number of benzene rings is 1. The molecule has 19 heavy (non-hydrogen) atoms. The molecule has 1 aromatic heterocycles. The van der Waals surface area contributed by atoms with E-state index in [1.807, 2.05) is 31.2 Å². The van der Waals surface area contributed by atoms with Crippen molar-refractivity contribution in [2.75, 3.05) is 24.2 Å². The van der Waals surface area contributed by atoms with Crippen LogP contribution in [0.2, 0.25) is 0 Å². The monoisotopic (exact) mass is 260 g/mol. The van der Waals surface area contributed by atoms with Gasteiger partial charge in [-0.15, -0.1) is 0 Å². The number of para-hydroxylation sites is 1. The van der Waals surface area contributed by atoms with E-state index in [4.69, 9.17) is 0 Å². The van der Waals surface area contributed by atoms with Gasteiger partial charge in [-0.25, -0.2) is 4.98 Å². The van der Waals surface area contributed by atoms with Crippen LogP contribution in [0.4, 0.5) is 11.8 Å². The van der Waals surface area contributed by atoms with Gasteiger partial charge in [-0.05, 0) is 25.0 Å². The molecule has 1 unspecified atom stereocenters. The Kier molecular flexibility index (Phi) is 4.52. The first-order valence-corrected chi connectivity index (χ1v) is 6.61. The lowest BCUT2D eigenvalue weighted by molar-refractivity contribution is 0.164. The Balaban J connectivity index is 2.20. The molecule has 0 aliphatic heterocycles. The zero-order valence-electron chi connectivity index (χ0n) is 11.3. The van der Waals surface area contributed by atoms with Gasteiger partial charge in [0.05, 0.1) is 11.6 Å². The van der Waals surface area contributed by atoms with Crippen LogP contribution in [0.5, 0.6) is 0 Å². The standard InChI is InChI=1S/C14H20N4O/c1-3-10(19)8-9-16-13-11-6-4-5-7-12(11)17-14(15-2)18-13/h4-7,10,19H,3,8-9H2,1-2H3,(H2,15,16,17,18). The molecule has 0 radical (unpaired) electrons. The molecular weight excluding hydrogens is 240 g/mol. The summed E-state index contributed by atoms with van der Waals surface area (Å²) in [5.41, 5.74) is 0.903. The SMILES string of the molecule is CCC(O)CCNc1nc(NC)nc2ccccc12. The van der Waals surface area contributed by atoms with Gasteiger partial charge < -0.3 is 15.7 Å². The maximum Gasteiger partial charge on any atom is 0.224 e. The highest BCUT2D eigenvalue weighted by molar-refractivity contribution is 5.89. The largest absolute Gasteiger partial charge is 0.393 e. The van der Waals surface area contributed by atoms with Crippen LogP contribution in [0.15, 0.2) is 24.3 Å². The van der Waals surface area contributed by atoms with Crippen molar-refractivity contribution in [1.29, 1.82) is 0 Å². The summed E-state index contributed by atoms with van der Waals surface area (Å²) >= 11 is 0. The predicted octanol–water partition coefficient (Wildman–Crippen LogP) is 2.24. The van der Waals surface area contributed by atoms with Gasteiger partial charge in [0.15, 0.2) is 0 Å². The number of aliphatic hydroxyl groups excluding tert-OH is 1. The van der Waals surface area contributed by atoms with Crippen molar-refractivity contribution in [3.05, 3.63) is 24.3 Å². The Morgan fingerprint density at radius 3 is 2.79 bits per heavy atom.